The van der Waals surface area contributed by atoms with Crippen molar-refractivity contribution in [1.82, 2.24) is 19.9 Å². The van der Waals surface area contributed by atoms with Gasteiger partial charge in [-0.25, -0.2) is 4.98 Å². The zero-order valence-electron chi connectivity index (χ0n) is 13.9. The number of pyridine rings is 1. The number of halogens is 1. The molecule has 25 heavy (non-hydrogen) atoms. The minimum Gasteiger partial charge on any atom is -0.351 e. The molecule has 0 aromatic carbocycles. The molecular formula is C18H19BrN4OS. The molecule has 7 heteroatoms. The average Bonchev–Trinajstić information content (AvgIpc) is 3.25. The summed E-state index contributed by atoms with van der Waals surface area (Å²) in [4.78, 5) is 20.9. The van der Waals surface area contributed by atoms with Crippen LogP contribution in [0.5, 0.6) is 0 Å². The first kappa shape index (κ1) is 17.8. The third kappa shape index (κ3) is 4.55. The molecule has 0 saturated heterocycles. The molecule has 1 amide bonds. The second-order valence-electron chi connectivity index (χ2n) is 5.55. The second-order valence-corrected chi connectivity index (χ2v) is 7.41. The van der Waals surface area contributed by atoms with E-state index in [0.29, 0.717) is 12.2 Å². The van der Waals surface area contributed by atoms with Gasteiger partial charge in [-0.1, -0.05) is 0 Å². The Bertz CT molecular complexity index is 844. The predicted octanol–water partition coefficient (Wildman–Crippen LogP) is 4.15. The highest BCUT2D eigenvalue weighted by Gasteiger charge is 2.11. The Morgan fingerprint density at radius 2 is 2.16 bits per heavy atom. The molecule has 3 rings (SSSR count). The molecule has 0 unspecified atom stereocenters. The molecule has 3 heterocycles. The van der Waals surface area contributed by atoms with E-state index in [1.807, 2.05) is 35.9 Å². The first-order valence-corrected chi connectivity index (χ1v) is 9.83. The van der Waals surface area contributed by atoms with Crippen LogP contribution in [0.25, 0.3) is 11.3 Å². The zero-order chi connectivity index (χ0) is 17.6. The number of amides is 1. The number of thiazole rings is 1. The summed E-state index contributed by atoms with van der Waals surface area (Å²) < 4.78 is 2.85. The summed E-state index contributed by atoms with van der Waals surface area (Å²) >= 11 is 5.07. The molecule has 0 saturated carbocycles. The first-order chi connectivity index (χ1) is 12.2. The van der Waals surface area contributed by atoms with Crippen LogP contribution in [0.3, 0.4) is 0 Å². The predicted molar refractivity (Wildman–Crippen MR) is 104 cm³/mol. The second kappa shape index (κ2) is 8.40. The minimum absolute atomic E-state index is 0.0378. The summed E-state index contributed by atoms with van der Waals surface area (Å²) in [5.41, 5.74) is 2.75. The van der Waals surface area contributed by atoms with Gasteiger partial charge >= 0.3 is 0 Å². The van der Waals surface area contributed by atoms with Crippen molar-refractivity contribution in [2.45, 2.75) is 26.3 Å². The summed E-state index contributed by atoms with van der Waals surface area (Å²) in [6.45, 7) is 3.42. The number of aromatic nitrogens is 3. The van der Waals surface area contributed by atoms with Crippen LogP contribution >= 0.6 is 27.3 Å². The van der Waals surface area contributed by atoms with Crippen LogP contribution in [0.1, 0.15) is 28.8 Å². The summed E-state index contributed by atoms with van der Waals surface area (Å²) in [7, 11) is 0. The summed E-state index contributed by atoms with van der Waals surface area (Å²) in [5, 5.41) is 6.13. The van der Waals surface area contributed by atoms with Crippen LogP contribution in [-0.2, 0) is 13.0 Å². The molecule has 0 aliphatic heterocycles. The number of carbonyl (C=O) groups excluding carboxylic acids is 1. The van der Waals surface area contributed by atoms with E-state index >= 15 is 0 Å². The molecule has 0 radical (unpaired) electrons. The van der Waals surface area contributed by atoms with Crippen molar-refractivity contribution in [2.24, 2.45) is 0 Å². The minimum atomic E-state index is -0.0378. The van der Waals surface area contributed by atoms with Crippen LogP contribution < -0.4 is 5.32 Å². The van der Waals surface area contributed by atoms with Gasteiger partial charge in [-0.2, -0.15) is 0 Å². The van der Waals surface area contributed by atoms with E-state index in [2.05, 4.69) is 36.6 Å². The Morgan fingerprint density at radius 3 is 2.92 bits per heavy atom. The largest absolute Gasteiger partial charge is 0.351 e. The van der Waals surface area contributed by atoms with Gasteiger partial charge in [0.05, 0.1) is 10.7 Å². The third-order valence-electron chi connectivity index (χ3n) is 3.82. The molecule has 3 aromatic rings. The van der Waals surface area contributed by atoms with Gasteiger partial charge in [-0.15, -0.1) is 11.3 Å². The number of aryl methyl sites for hydroxylation is 2. The highest BCUT2D eigenvalue weighted by molar-refractivity contribution is 9.10. The smallest absolute Gasteiger partial charge is 0.267 e. The van der Waals surface area contributed by atoms with E-state index in [0.717, 1.165) is 40.1 Å². The van der Waals surface area contributed by atoms with Crippen molar-refractivity contribution in [3.63, 3.8) is 0 Å². The van der Waals surface area contributed by atoms with Gasteiger partial charge in [-0.05, 0) is 47.5 Å². The lowest BCUT2D eigenvalue weighted by molar-refractivity contribution is 0.0944. The molecule has 0 bridgehead atoms. The van der Waals surface area contributed by atoms with E-state index in [4.69, 9.17) is 0 Å². The molecule has 0 aliphatic rings. The van der Waals surface area contributed by atoms with Crippen LogP contribution in [0.2, 0.25) is 0 Å². The number of hydrogen-bond donors (Lipinski definition) is 1. The molecule has 3 aromatic heterocycles. The topological polar surface area (TPSA) is 59.8 Å². The van der Waals surface area contributed by atoms with Gasteiger partial charge in [0.25, 0.3) is 5.91 Å². The van der Waals surface area contributed by atoms with Gasteiger partial charge in [0.2, 0.25) is 0 Å². The van der Waals surface area contributed by atoms with Gasteiger partial charge in [0.15, 0.2) is 0 Å². The Hall–Kier alpha value is -1.99. The van der Waals surface area contributed by atoms with Crippen molar-refractivity contribution >= 4 is 33.2 Å². The van der Waals surface area contributed by atoms with Crippen molar-refractivity contribution in [2.75, 3.05) is 6.54 Å². The van der Waals surface area contributed by atoms with Gasteiger partial charge in [0.1, 0.15) is 5.69 Å². The molecule has 0 aliphatic carbocycles. The molecule has 0 fully saturated rings. The SMILES string of the molecule is CCn1cc(Br)cc1C(=O)NCCCc1nc(-c2ccncc2)cs1. The van der Waals surface area contributed by atoms with Crippen molar-refractivity contribution in [3.8, 4) is 11.3 Å². The number of carbonyl (C=O) groups is 1. The highest BCUT2D eigenvalue weighted by atomic mass is 79.9. The normalized spacial score (nSPS) is 10.8. The van der Waals surface area contributed by atoms with E-state index in [-0.39, 0.29) is 5.91 Å². The fourth-order valence-electron chi connectivity index (χ4n) is 2.54. The van der Waals surface area contributed by atoms with Crippen LogP contribution in [-0.4, -0.2) is 27.0 Å². The standard InChI is InChI=1S/C18H19BrN4OS/c1-2-23-11-14(19)10-16(23)18(24)21-7-3-4-17-22-15(12-25-17)13-5-8-20-9-6-13/h5-6,8-12H,2-4,7H2,1H3,(H,21,24). The Balaban J connectivity index is 1.49. The van der Waals surface area contributed by atoms with Crippen LogP contribution in [0.15, 0.2) is 46.6 Å². The number of nitrogens with one attached hydrogen (secondary N) is 1. The monoisotopic (exact) mass is 418 g/mol. The maximum Gasteiger partial charge on any atom is 0.267 e. The zero-order valence-corrected chi connectivity index (χ0v) is 16.3. The molecule has 5 nitrogen and oxygen atoms in total. The van der Waals surface area contributed by atoms with Crippen LogP contribution in [0.4, 0.5) is 0 Å². The highest BCUT2D eigenvalue weighted by Crippen LogP contribution is 2.21. The molecular weight excluding hydrogens is 400 g/mol. The van der Waals surface area contributed by atoms with Crippen LogP contribution in [0, 0.1) is 0 Å². The van der Waals surface area contributed by atoms with E-state index < -0.39 is 0 Å². The average molecular weight is 419 g/mol. The third-order valence-corrected chi connectivity index (χ3v) is 5.16. The quantitative estimate of drug-likeness (QED) is 0.586. The van der Waals surface area contributed by atoms with Gasteiger partial charge in [0, 0.05) is 53.5 Å². The lowest BCUT2D eigenvalue weighted by atomic mass is 10.2. The maximum absolute atomic E-state index is 12.3. The fraction of sp³-hybridized carbons (Fsp3) is 0.278. The molecule has 0 atom stereocenters. The van der Waals surface area contributed by atoms with Crippen molar-refractivity contribution in [3.05, 3.63) is 57.3 Å². The Morgan fingerprint density at radius 1 is 1.36 bits per heavy atom. The maximum atomic E-state index is 12.3. The fourth-order valence-corrected chi connectivity index (χ4v) is 3.85. The lowest BCUT2D eigenvalue weighted by Gasteiger charge is -2.07. The molecule has 0 spiro atoms. The summed E-state index contributed by atoms with van der Waals surface area (Å²) in [5.74, 6) is -0.0378. The molecule has 1 N–H and O–H groups in total. The van der Waals surface area contributed by atoms with Gasteiger partial charge in [-0.3, -0.25) is 9.78 Å². The Kier molecular flexibility index (Phi) is 5.99. The molecule has 130 valence electrons. The number of hydrogen-bond acceptors (Lipinski definition) is 4. The summed E-state index contributed by atoms with van der Waals surface area (Å²) in [6, 6.07) is 5.76. The Labute approximate surface area is 159 Å². The summed E-state index contributed by atoms with van der Waals surface area (Å²) in [6.07, 6.45) is 7.19. The number of rotatable bonds is 7. The van der Waals surface area contributed by atoms with Crippen molar-refractivity contribution < 1.29 is 4.79 Å². The van der Waals surface area contributed by atoms with Crippen molar-refractivity contribution in [1.29, 1.82) is 0 Å². The number of nitrogens with zero attached hydrogens (tertiary/aromatic N) is 3. The van der Waals surface area contributed by atoms with Gasteiger partial charge < -0.3 is 9.88 Å². The van der Waals surface area contributed by atoms with E-state index in [1.165, 1.54) is 0 Å². The lowest BCUT2D eigenvalue weighted by Crippen LogP contribution is -2.26. The van der Waals surface area contributed by atoms with E-state index in [9.17, 15) is 4.79 Å². The van der Waals surface area contributed by atoms with E-state index in [1.54, 1.807) is 23.7 Å². The first-order valence-electron chi connectivity index (χ1n) is 8.16.